The van der Waals surface area contributed by atoms with E-state index in [4.69, 9.17) is 4.74 Å². The zero-order valence-electron chi connectivity index (χ0n) is 16.2. The molecule has 0 spiro atoms. The van der Waals surface area contributed by atoms with Crippen molar-refractivity contribution in [1.82, 2.24) is 4.98 Å². The molecule has 0 amide bonds. The summed E-state index contributed by atoms with van der Waals surface area (Å²) in [5, 5.41) is 0. The van der Waals surface area contributed by atoms with Crippen LogP contribution in [0.2, 0.25) is 0 Å². The Labute approximate surface area is 165 Å². The van der Waals surface area contributed by atoms with Crippen molar-refractivity contribution in [2.45, 2.75) is 51.4 Å². The van der Waals surface area contributed by atoms with Crippen LogP contribution >= 0.6 is 0 Å². The van der Waals surface area contributed by atoms with Crippen molar-refractivity contribution < 1.29 is 14.3 Å². The molecule has 144 valence electrons. The zero-order chi connectivity index (χ0) is 19.3. The van der Waals surface area contributed by atoms with Crippen LogP contribution in [-0.4, -0.2) is 16.7 Å². The number of ether oxygens (including phenoxy) is 1. The molecule has 0 unspecified atom stereocenters. The van der Waals surface area contributed by atoms with Gasteiger partial charge in [0.25, 0.3) is 0 Å². The molecule has 4 nitrogen and oxygen atoms in total. The van der Waals surface area contributed by atoms with Gasteiger partial charge in [-0.2, -0.15) is 0 Å². The van der Waals surface area contributed by atoms with Crippen LogP contribution in [0.5, 0.6) is 5.75 Å². The second kappa shape index (κ2) is 6.54. The third-order valence-electron chi connectivity index (χ3n) is 7.51. The van der Waals surface area contributed by atoms with Gasteiger partial charge in [-0.05, 0) is 85.3 Å². The standard InChI is InChI=1S/C24H25NO3/c1-24-11-10-19-18-7-5-17(28-23(27)16-3-2-12-25-14-16)13-15(18)4-6-20(19)21(24)8-9-22(24)26/h2-3,5,7,12-14,19-21H,4,6,8-11H2,1H3/t19-,20-,21+,24+/m1/s1. The monoisotopic (exact) mass is 375 g/mol. The highest BCUT2D eigenvalue weighted by Crippen LogP contribution is 2.59. The summed E-state index contributed by atoms with van der Waals surface area (Å²) in [6, 6.07) is 9.54. The van der Waals surface area contributed by atoms with Gasteiger partial charge in [-0.3, -0.25) is 9.78 Å². The van der Waals surface area contributed by atoms with Gasteiger partial charge in [-0.25, -0.2) is 4.79 Å². The Hall–Kier alpha value is -2.49. The van der Waals surface area contributed by atoms with E-state index in [2.05, 4.69) is 18.0 Å². The van der Waals surface area contributed by atoms with Crippen LogP contribution in [0.4, 0.5) is 0 Å². The lowest BCUT2D eigenvalue weighted by molar-refractivity contribution is -0.129. The minimum Gasteiger partial charge on any atom is -0.423 e. The summed E-state index contributed by atoms with van der Waals surface area (Å²) in [4.78, 5) is 28.7. The maximum atomic E-state index is 12.5. The number of carbonyl (C=O) groups is 2. The van der Waals surface area contributed by atoms with Crippen molar-refractivity contribution in [3.63, 3.8) is 0 Å². The van der Waals surface area contributed by atoms with E-state index in [9.17, 15) is 9.59 Å². The Morgan fingerprint density at radius 3 is 2.89 bits per heavy atom. The molecule has 4 heteroatoms. The molecule has 0 aliphatic heterocycles. The van der Waals surface area contributed by atoms with Gasteiger partial charge in [0.05, 0.1) is 5.56 Å². The van der Waals surface area contributed by atoms with E-state index in [1.165, 1.54) is 17.3 Å². The molecule has 2 saturated carbocycles. The summed E-state index contributed by atoms with van der Waals surface area (Å²) in [5.74, 6) is 2.40. The number of esters is 1. The number of hydrogen-bond donors (Lipinski definition) is 0. The molecule has 0 N–H and O–H groups in total. The average molecular weight is 375 g/mol. The first-order valence-corrected chi connectivity index (χ1v) is 10.3. The lowest BCUT2D eigenvalue weighted by atomic mass is 9.55. The minimum absolute atomic E-state index is 0.0855. The number of hydrogen-bond acceptors (Lipinski definition) is 4. The Bertz CT molecular complexity index is 938. The van der Waals surface area contributed by atoms with Gasteiger partial charge in [0.2, 0.25) is 0 Å². The molecule has 2 fully saturated rings. The zero-order valence-corrected chi connectivity index (χ0v) is 16.2. The fourth-order valence-electron chi connectivity index (χ4n) is 6.04. The number of carbonyl (C=O) groups excluding carboxylic acids is 2. The number of rotatable bonds is 2. The van der Waals surface area contributed by atoms with Crippen molar-refractivity contribution in [2.24, 2.45) is 17.3 Å². The highest BCUT2D eigenvalue weighted by Gasteiger charge is 2.54. The Morgan fingerprint density at radius 2 is 2.07 bits per heavy atom. The van der Waals surface area contributed by atoms with E-state index in [0.29, 0.717) is 34.8 Å². The summed E-state index contributed by atoms with van der Waals surface area (Å²) in [6.45, 7) is 2.21. The van der Waals surface area contributed by atoms with Crippen LogP contribution < -0.4 is 4.74 Å². The Morgan fingerprint density at radius 1 is 1.18 bits per heavy atom. The van der Waals surface area contributed by atoms with Crippen LogP contribution in [0.3, 0.4) is 0 Å². The minimum atomic E-state index is -0.375. The molecular weight excluding hydrogens is 350 g/mol. The maximum Gasteiger partial charge on any atom is 0.345 e. The third-order valence-corrected chi connectivity index (χ3v) is 7.51. The first kappa shape index (κ1) is 17.6. The van der Waals surface area contributed by atoms with Crippen molar-refractivity contribution in [3.05, 3.63) is 59.4 Å². The smallest absolute Gasteiger partial charge is 0.345 e. The van der Waals surface area contributed by atoms with E-state index < -0.39 is 0 Å². The van der Waals surface area contributed by atoms with E-state index in [0.717, 1.165) is 38.5 Å². The predicted octanol–water partition coefficient (Wildman–Crippen LogP) is 4.73. The molecule has 3 aliphatic carbocycles. The molecule has 3 aliphatic rings. The lowest BCUT2D eigenvalue weighted by Gasteiger charge is -2.48. The van der Waals surface area contributed by atoms with Gasteiger partial charge >= 0.3 is 5.97 Å². The van der Waals surface area contributed by atoms with Crippen LogP contribution in [-0.2, 0) is 11.2 Å². The molecule has 5 rings (SSSR count). The normalized spacial score (nSPS) is 30.9. The number of benzene rings is 1. The van der Waals surface area contributed by atoms with Crippen molar-refractivity contribution in [2.75, 3.05) is 0 Å². The summed E-state index contributed by atoms with van der Waals surface area (Å²) >= 11 is 0. The van der Waals surface area contributed by atoms with E-state index in [1.54, 1.807) is 18.3 Å². The SMILES string of the molecule is C[C@]12CC[C@@H]3c4ccc(OC(=O)c5cccnc5)cc4CC[C@H]3[C@@H]1CCC2=O. The second-order valence-electron chi connectivity index (χ2n) is 8.83. The highest BCUT2D eigenvalue weighted by molar-refractivity contribution is 5.90. The predicted molar refractivity (Wildman–Crippen MR) is 105 cm³/mol. The van der Waals surface area contributed by atoms with Crippen LogP contribution in [0, 0.1) is 17.3 Å². The first-order valence-electron chi connectivity index (χ1n) is 10.3. The molecule has 0 saturated heterocycles. The number of fused-ring (bicyclic) bond motifs is 5. The van der Waals surface area contributed by atoms with Gasteiger partial charge in [-0.1, -0.05) is 13.0 Å². The lowest BCUT2D eigenvalue weighted by Crippen LogP contribution is -2.42. The molecule has 2 aromatic rings. The van der Waals surface area contributed by atoms with Gasteiger partial charge in [0.15, 0.2) is 0 Å². The highest BCUT2D eigenvalue weighted by atomic mass is 16.5. The topological polar surface area (TPSA) is 56.3 Å². The number of Topliss-reactive ketones (excluding diaryl/α,β-unsaturated/α-hetero) is 1. The molecular formula is C24H25NO3. The summed E-state index contributed by atoms with van der Waals surface area (Å²) in [5.41, 5.74) is 3.07. The quantitative estimate of drug-likeness (QED) is 0.563. The Balaban J connectivity index is 1.38. The number of ketones is 1. The van der Waals surface area contributed by atoms with Gasteiger partial charge in [-0.15, -0.1) is 0 Å². The number of aromatic nitrogens is 1. The van der Waals surface area contributed by atoms with Crippen LogP contribution in [0.1, 0.15) is 66.4 Å². The van der Waals surface area contributed by atoms with Crippen LogP contribution in [0.25, 0.3) is 0 Å². The molecule has 0 radical (unpaired) electrons. The third kappa shape index (κ3) is 2.69. The van der Waals surface area contributed by atoms with E-state index >= 15 is 0 Å². The molecule has 1 aromatic carbocycles. The number of nitrogens with zero attached hydrogens (tertiary/aromatic N) is 1. The summed E-state index contributed by atoms with van der Waals surface area (Å²) in [7, 11) is 0. The van der Waals surface area contributed by atoms with Crippen LogP contribution in [0.15, 0.2) is 42.7 Å². The summed E-state index contributed by atoms with van der Waals surface area (Å²) < 4.78 is 5.58. The first-order chi connectivity index (χ1) is 13.6. The maximum absolute atomic E-state index is 12.5. The van der Waals surface area contributed by atoms with Gasteiger partial charge in [0, 0.05) is 24.2 Å². The number of pyridine rings is 1. The molecule has 0 bridgehead atoms. The van der Waals surface area contributed by atoms with E-state index in [1.807, 2.05) is 12.1 Å². The average Bonchev–Trinajstić information content (AvgIpc) is 3.03. The van der Waals surface area contributed by atoms with Crippen molar-refractivity contribution >= 4 is 11.8 Å². The molecule has 1 heterocycles. The molecule has 1 aromatic heterocycles. The van der Waals surface area contributed by atoms with Crippen molar-refractivity contribution in [3.8, 4) is 5.75 Å². The van der Waals surface area contributed by atoms with Gasteiger partial charge in [0.1, 0.15) is 11.5 Å². The Kier molecular flexibility index (Phi) is 4.11. The number of aryl methyl sites for hydroxylation is 1. The molecule has 28 heavy (non-hydrogen) atoms. The van der Waals surface area contributed by atoms with Crippen molar-refractivity contribution in [1.29, 1.82) is 0 Å². The molecule has 4 atom stereocenters. The fraction of sp³-hybridized carbons (Fsp3) is 0.458. The summed E-state index contributed by atoms with van der Waals surface area (Å²) in [6.07, 6.45) is 9.21. The fourth-order valence-corrected chi connectivity index (χ4v) is 6.04. The second-order valence-corrected chi connectivity index (χ2v) is 8.83. The largest absolute Gasteiger partial charge is 0.423 e. The van der Waals surface area contributed by atoms with Gasteiger partial charge < -0.3 is 4.74 Å². The van der Waals surface area contributed by atoms with E-state index in [-0.39, 0.29) is 11.4 Å².